The largest absolute Gasteiger partial charge is 0.496 e. The SMILES string of the molecule is COc1cccc(OC)c1C(=O)OCC(=O)NC1(C#N)CCCCC1. The van der Waals surface area contributed by atoms with Gasteiger partial charge >= 0.3 is 5.97 Å². The van der Waals surface area contributed by atoms with Gasteiger partial charge in [0.25, 0.3) is 5.91 Å². The van der Waals surface area contributed by atoms with Crippen molar-refractivity contribution in [3.8, 4) is 17.6 Å². The average Bonchev–Trinajstić information content (AvgIpc) is 2.66. The van der Waals surface area contributed by atoms with E-state index in [0.717, 1.165) is 19.3 Å². The van der Waals surface area contributed by atoms with E-state index in [1.54, 1.807) is 18.2 Å². The van der Waals surface area contributed by atoms with Gasteiger partial charge in [-0.1, -0.05) is 25.3 Å². The lowest BCUT2D eigenvalue weighted by molar-refractivity contribution is -0.125. The Kier molecular flexibility index (Phi) is 6.23. The number of ether oxygens (including phenoxy) is 3. The first-order chi connectivity index (χ1) is 12.0. The summed E-state index contributed by atoms with van der Waals surface area (Å²) in [5, 5.41) is 12.1. The van der Waals surface area contributed by atoms with Gasteiger partial charge in [0.2, 0.25) is 0 Å². The standard InChI is InChI=1S/C18H22N2O5/c1-23-13-7-6-8-14(24-2)16(13)17(22)25-11-15(21)20-18(12-19)9-4-3-5-10-18/h6-8H,3-5,9-11H2,1-2H3,(H,20,21). The van der Waals surface area contributed by atoms with E-state index in [4.69, 9.17) is 14.2 Å². The van der Waals surface area contributed by atoms with Gasteiger partial charge in [0.05, 0.1) is 20.3 Å². The molecule has 0 atom stereocenters. The molecule has 1 aliphatic carbocycles. The first-order valence-corrected chi connectivity index (χ1v) is 8.15. The number of hydrogen-bond donors (Lipinski definition) is 1. The lowest BCUT2D eigenvalue weighted by atomic mass is 9.83. The molecular weight excluding hydrogens is 324 g/mol. The van der Waals surface area contributed by atoms with Crippen molar-refractivity contribution in [2.45, 2.75) is 37.6 Å². The normalized spacial score (nSPS) is 15.6. The molecule has 25 heavy (non-hydrogen) atoms. The third kappa shape index (κ3) is 4.41. The van der Waals surface area contributed by atoms with E-state index in [2.05, 4.69) is 11.4 Å². The van der Waals surface area contributed by atoms with Crippen molar-refractivity contribution in [3.05, 3.63) is 23.8 Å². The number of carbonyl (C=O) groups is 2. The summed E-state index contributed by atoms with van der Waals surface area (Å²) < 4.78 is 15.4. The maximum Gasteiger partial charge on any atom is 0.346 e. The molecule has 1 aromatic carbocycles. The molecule has 0 aliphatic heterocycles. The number of hydrogen-bond acceptors (Lipinski definition) is 6. The van der Waals surface area contributed by atoms with Crippen LogP contribution < -0.4 is 14.8 Å². The van der Waals surface area contributed by atoms with Crippen molar-refractivity contribution in [3.63, 3.8) is 0 Å². The Labute approximate surface area is 146 Å². The Balaban J connectivity index is 2.00. The van der Waals surface area contributed by atoms with Crippen molar-refractivity contribution < 1.29 is 23.8 Å². The molecule has 0 heterocycles. The molecule has 0 saturated heterocycles. The smallest absolute Gasteiger partial charge is 0.346 e. The first kappa shape index (κ1) is 18.6. The summed E-state index contributed by atoms with van der Waals surface area (Å²) in [5.41, 5.74) is -0.739. The van der Waals surface area contributed by atoms with Crippen LogP contribution in [0.4, 0.5) is 0 Å². The number of esters is 1. The Bertz CT molecular complexity index is 652. The van der Waals surface area contributed by atoms with Crippen LogP contribution in [0, 0.1) is 11.3 Å². The molecule has 0 unspecified atom stereocenters. The molecule has 2 rings (SSSR count). The predicted molar refractivity (Wildman–Crippen MR) is 89.4 cm³/mol. The Morgan fingerprint density at radius 3 is 2.28 bits per heavy atom. The van der Waals surface area contributed by atoms with Crippen LogP contribution >= 0.6 is 0 Å². The molecule has 0 bridgehead atoms. The summed E-state index contributed by atoms with van der Waals surface area (Å²) in [6, 6.07) is 7.08. The van der Waals surface area contributed by atoms with Crippen LogP contribution in [-0.2, 0) is 9.53 Å². The van der Waals surface area contributed by atoms with Crippen LogP contribution in [0.2, 0.25) is 0 Å². The highest BCUT2D eigenvalue weighted by Crippen LogP contribution is 2.29. The van der Waals surface area contributed by atoms with E-state index in [9.17, 15) is 14.9 Å². The van der Waals surface area contributed by atoms with E-state index in [-0.39, 0.29) is 5.56 Å². The van der Waals surface area contributed by atoms with Crippen LogP contribution in [0.25, 0.3) is 0 Å². The summed E-state index contributed by atoms with van der Waals surface area (Å²) in [4.78, 5) is 24.4. The number of benzene rings is 1. The number of nitriles is 1. The van der Waals surface area contributed by atoms with Gasteiger partial charge in [-0.25, -0.2) is 4.79 Å². The lowest BCUT2D eigenvalue weighted by Crippen LogP contribution is -2.50. The molecule has 7 heteroatoms. The number of methoxy groups -OCH3 is 2. The molecule has 1 saturated carbocycles. The summed E-state index contributed by atoms with van der Waals surface area (Å²) in [6.07, 6.45) is 4.08. The van der Waals surface area contributed by atoms with Gasteiger partial charge in [-0.05, 0) is 25.0 Å². The fourth-order valence-electron chi connectivity index (χ4n) is 2.98. The fourth-order valence-corrected chi connectivity index (χ4v) is 2.98. The zero-order chi connectivity index (χ0) is 18.3. The van der Waals surface area contributed by atoms with E-state index in [1.807, 2.05) is 0 Å². The third-order valence-corrected chi connectivity index (χ3v) is 4.27. The minimum Gasteiger partial charge on any atom is -0.496 e. The summed E-state index contributed by atoms with van der Waals surface area (Å²) in [7, 11) is 2.86. The minimum atomic E-state index is -0.857. The van der Waals surface area contributed by atoms with Crippen LogP contribution in [0.3, 0.4) is 0 Å². The summed E-state index contributed by atoms with van der Waals surface area (Å²) in [6.45, 7) is -0.469. The van der Waals surface area contributed by atoms with E-state index < -0.39 is 24.0 Å². The van der Waals surface area contributed by atoms with Crippen LogP contribution in [0.5, 0.6) is 11.5 Å². The Morgan fingerprint density at radius 2 is 1.76 bits per heavy atom. The van der Waals surface area contributed by atoms with E-state index in [1.165, 1.54) is 14.2 Å². The summed E-state index contributed by atoms with van der Waals surface area (Å²) in [5.74, 6) is -0.624. The highest BCUT2D eigenvalue weighted by molar-refractivity contribution is 5.96. The van der Waals surface area contributed by atoms with Gasteiger partial charge in [0.1, 0.15) is 22.6 Å². The number of nitrogens with one attached hydrogen (secondary N) is 1. The van der Waals surface area contributed by atoms with Crippen molar-refractivity contribution in [2.75, 3.05) is 20.8 Å². The van der Waals surface area contributed by atoms with Gasteiger partial charge in [-0.3, -0.25) is 4.79 Å². The maximum atomic E-state index is 12.3. The van der Waals surface area contributed by atoms with Gasteiger partial charge in [-0.2, -0.15) is 5.26 Å². The van der Waals surface area contributed by atoms with Crippen LogP contribution in [-0.4, -0.2) is 38.2 Å². The monoisotopic (exact) mass is 346 g/mol. The first-order valence-electron chi connectivity index (χ1n) is 8.15. The van der Waals surface area contributed by atoms with Crippen molar-refractivity contribution in [1.82, 2.24) is 5.32 Å². The maximum absolute atomic E-state index is 12.3. The summed E-state index contributed by atoms with van der Waals surface area (Å²) >= 11 is 0. The zero-order valence-electron chi connectivity index (χ0n) is 14.5. The molecule has 1 aliphatic rings. The number of nitrogens with zero attached hydrogens (tertiary/aromatic N) is 1. The third-order valence-electron chi connectivity index (χ3n) is 4.27. The predicted octanol–water partition coefficient (Wildman–Crippen LogP) is 2.20. The molecule has 1 N–H and O–H groups in total. The van der Waals surface area contributed by atoms with E-state index in [0.29, 0.717) is 24.3 Å². The zero-order valence-corrected chi connectivity index (χ0v) is 14.5. The number of carbonyl (C=O) groups excluding carboxylic acids is 2. The second-order valence-electron chi connectivity index (χ2n) is 5.92. The fraction of sp³-hybridized carbons (Fsp3) is 0.500. The molecule has 0 aromatic heterocycles. The Morgan fingerprint density at radius 1 is 1.16 bits per heavy atom. The van der Waals surface area contributed by atoms with Gasteiger partial charge in [0.15, 0.2) is 6.61 Å². The van der Waals surface area contributed by atoms with E-state index >= 15 is 0 Å². The second kappa shape index (κ2) is 8.38. The minimum absolute atomic E-state index is 0.118. The van der Waals surface area contributed by atoms with Crippen molar-refractivity contribution >= 4 is 11.9 Å². The molecule has 1 amide bonds. The molecule has 1 fully saturated rings. The van der Waals surface area contributed by atoms with Gasteiger partial charge in [0, 0.05) is 0 Å². The van der Waals surface area contributed by atoms with Gasteiger partial charge < -0.3 is 19.5 Å². The number of amides is 1. The Hall–Kier alpha value is -2.75. The topological polar surface area (TPSA) is 97.7 Å². The van der Waals surface area contributed by atoms with Crippen molar-refractivity contribution in [1.29, 1.82) is 5.26 Å². The molecule has 7 nitrogen and oxygen atoms in total. The van der Waals surface area contributed by atoms with Crippen molar-refractivity contribution in [2.24, 2.45) is 0 Å². The quantitative estimate of drug-likeness (QED) is 0.793. The molecule has 1 aromatic rings. The highest BCUT2D eigenvalue weighted by Gasteiger charge is 2.33. The van der Waals surface area contributed by atoms with Crippen LogP contribution in [0.1, 0.15) is 42.5 Å². The molecule has 0 radical (unpaired) electrons. The van der Waals surface area contributed by atoms with Gasteiger partial charge in [-0.15, -0.1) is 0 Å². The average molecular weight is 346 g/mol. The molecule has 0 spiro atoms. The highest BCUT2D eigenvalue weighted by atomic mass is 16.5. The lowest BCUT2D eigenvalue weighted by Gasteiger charge is -2.31. The van der Waals surface area contributed by atoms with Crippen LogP contribution in [0.15, 0.2) is 18.2 Å². The molecular formula is C18H22N2O5. The number of rotatable bonds is 6. The molecule has 134 valence electrons. The second-order valence-corrected chi connectivity index (χ2v) is 5.92.